The highest BCUT2D eigenvalue weighted by atomic mass is 15.2. The lowest BCUT2D eigenvalue weighted by Crippen LogP contribution is -2.43. The van der Waals surface area contributed by atoms with E-state index in [4.69, 9.17) is 0 Å². The Labute approximate surface area is 134 Å². The molecule has 2 heterocycles. The Hall–Kier alpha value is -1.28. The molecule has 0 aliphatic carbocycles. The van der Waals surface area contributed by atoms with Crippen molar-refractivity contribution in [2.75, 3.05) is 13.1 Å². The van der Waals surface area contributed by atoms with E-state index in [1.807, 2.05) is 0 Å². The molecule has 1 fully saturated rings. The van der Waals surface area contributed by atoms with Crippen LogP contribution in [0.3, 0.4) is 0 Å². The van der Waals surface area contributed by atoms with Crippen LogP contribution in [0.15, 0.2) is 30.5 Å². The van der Waals surface area contributed by atoms with Gasteiger partial charge in [0, 0.05) is 29.7 Å². The van der Waals surface area contributed by atoms with Crippen molar-refractivity contribution in [1.29, 1.82) is 0 Å². The first-order chi connectivity index (χ1) is 10.8. The van der Waals surface area contributed by atoms with Crippen molar-refractivity contribution in [3.8, 4) is 0 Å². The molecule has 2 unspecified atom stereocenters. The second-order valence-electron chi connectivity index (χ2n) is 6.89. The molecule has 0 amide bonds. The number of hydrogen-bond donors (Lipinski definition) is 1. The normalized spacial score (nSPS) is 23.2. The third-order valence-corrected chi connectivity index (χ3v) is 5.49. The van der Waals surface area contributed by atoms with Gasteiger partial charge in [-0.25, -0.2) is 0 Å². The summed E-state index contributed by atoms with van der Waals surface area (Å²) in [4.78, 5) is 6.17. The number of para-hydroxylation sites is 1. The van der Waals surface area contributed by atoms with Crippen molar-refractivity contribution in [3.63, 3.8) is 0 Å². The number of hydrogen-bond acceptors (Lipinski definition) is 1. The van der Waals surface area contributed by atoms with Crippen LogP contribution in [-0.4, -0.2) is 29.0 Å². The third kappa shape index (κ3) is 3.38. The Morgan fingerprint density at radius 3 is 2.91 bits per heavy atom. The van der Waals surface area contributed by atoms with Gasteiger partial charge in [0.1, 0.15) is 0 Å². The van der Waals surface area contributed by atoms with Gasteiger partial charge in [-0.1, -0.05) is 44.9 Å². The van der Waals surface area contributed by atoms with E-state index in [-0.39, 0.29) is 0 Å². The topological polar surface area (TPSA) is 19.0 Å². The highest BCUT2D eigenvalue weighted by Gasteiger charge is 2.26. The maximum Gasteiger partial charge on any atom is 0.0456 e. The van der Waals surface area contributed by atoms with E-state index in [2.05, 4.69) is 54.2 Å². The van der Waals surface area contributed by atoms with Crippen LogP contribution in [-0.2, 0) is 6.42 Å². The van der Waals surface area contributed by atoms with Crippen molar-refractivity contribution in [3.05, 3.63) is 36.0 Å². The number of aromatic amines is 1. The average Bonchev–Trinajstić information content (AvgIpc) is 2.97. The molecule has 0 spiro atoms. The summed E-state index contributed by atoms with van der Waals surface area (Å²) in [7, 11) is 0. The zero-order valence-corrected chi connectivity index (χ0v) is 14.1. The number of rotatable bonds is 6. The van der Waals surface area contributed by atoms with E-state index in [9.17, 15) is 0 Å². The predicted molar refractivity (Wildman–Crippen MR) is 95.3 cm³/mol. The van der Waals surface area contributed by atoms with E-state index < -0.39 is 0 Å². The molecule has 120 valence electrons. The van der Waals surface area contributed by atoms with Gasteiger partial charge in [-0.05, 0) is 49.8 Å². The molecule has 2 aromatic rings. The lowest BCUT2D eigenvalue weighted by molar-refractivity contribution is 0.104. The van der Waals surface area contributed by atoms with E-state index >= 15 is 0 Å². The van der Waals surface area contributed by atoms with Crippen LogP contribution in [0.4, 0.5) is 0 Å². The minimum Gasteiger partial charge on any atom is -0.361 e. The standard InChI is InChI=1S/C20H30N2/c1-3-7-18-14-16(4-2)10-12-22(18)13-11-17-15-21-20-9-6-5-8-19(17)20/h5-6,8-9,15-16,18,21H,3-4,7,10-14H2,1-2H3. The molecule has 1 aliphatic rings. The van der Waals surface area contributed by atoms with Crippen molar-refractivity contribution in [2.45, 2.75) is 58.4 Å². The molecule has 0 saturated carbocycles. The summed E-state index contributed by atoms with van der Waals surface area (Å²) >= 11 is 0. The molecular weight excluding hydrogens is 268 g/mol. The van der Waals surface area contributed by atoms with Gasteiger partial charge >= 0.3 is 0 Å². The molecule has 2 nitrogen and oxygen atoms in total. The zero-order valence-electron chi connectivity index (χ0n) is 14.1. The van der Waals surface area contributed by atoms with Crippen molar-refractivity contribution in [1.82, 2.24) is 9.88 Å². The highest BCUT2D eigenvalue weighted by Crippen LogP contribution is 2.28. The fraction of sp³-hybridized carbons (Fsp3) is 0.600. The summed E-state index contributed by atoms with van der Waals surface area (Å²) in [6, 6.07) is 9.48. The third-order valence-electron chi connectivity index (χ3n) is 5.49. The van der Waals surface area contributed by atoms with Gasteiger partial charge in [0.25, 0.3) is 0 Å². The van der Waals surface area contributed by atoms with E-state index in [0.29, 0.717) is 0 Å². The van der Waals surface area contributed by atoms with Crippen LogP contribution >= 0.6 is 0 Å². The van der Waals surface area contributed by atoms with Gasteiger partial charge in [-0.3, -0.25) is 0 Å². The van der Waals surface area contributed by atoms with E-state index in [1.54, 1.807) is 0 Å². The Kier molecular flexibility index (Phi) is 5.20. The summed E-state index contributed by atoms with van der Waals surface area (Å²) in [5, 5.41) is 1.40. The van der Waals surface area contributed by atoms with Gasteiger partial charge in [0.05, 0.1) is 0 Å². The molecule has 1 N–H and O–H groups in total. The lowest BCUT2D eigenvalue weighted by Gasteiger charge is -2.39. The Balaban J connectivity index is 1.64. The zero-order chi connectivity index (χ0) is 15.4. The maximum absolute atomic E-state index is 3.41. The molecule has 0 radical (unpaired) electrons. The average molecular weight is 298 g/mol. The van der Waals surface area contributed by atoms with Crippen LogP contribution < -0.4 is 0 Å². The highest BCUT2D eigenvalue weighted by molar-refractivity contribution is 5.83. The first-order valence-corrected chi connectivity index (χ1v) is 9.10. The molecule has 22 heavy (non-hydrogen) atoms. The van der Waals surface area contributed by atoms with E-state index in [0.717, 1.165) is 12.0 Å². The van der Waals surface area contributed by atoms with Crippen molar-refractivity contribution < 1.29 is 0 Å². The van der Waals surface area contributed by atoms with Gasteiger partial charge < -0.3 is 9.88 Å². The number of benzene rings is 1. The van der Waals surface area contributed by atoms with Crippen molar-refractivity contribution >= 4 is 10.9 Å². The monoisotopic (exact) mass is 298 g/mol. The molecular formula is C20H30N2. The number of nitrogens with zero attached hydrogens (tertiary/aromatic N) is 1. The SMILES string of the molecule is CCCC1CC(CC)CCN1CCc1c[nH]c2ccccc12. The second kappa shape index (κ2) is 7.32. The Bertz CT molecular complexity index is 586. The molecule has 2 heteroatoms. The summed E-state index contributed by atoms with van der Waals surface area (Å²) < 4.78 is 0. The van der Waals surface area contributed by atoms with Gasteiger partial charge in [0.2, 0.25) is 0 Å². The number of fused-ring (bicyclic) bond motifs is 1. The van der Waals surface area contributed by atoms with Crippen LogP contribution in [0.1, 0.15) is 51.5 Å². The summed E-state index contributed by atoms with van der Waals surface area (Å²) in [6.45, 7) is 7.19. The number of nitrogens with one attached hydrogen (secondary N) is 1. The summed E-state index contributed by atoms with van der Waals surface area (Å²) in [6.07, 6.45) is 10.2. The Morgan fingerprint density at radius 1 is 1.23 bits per heavy atom. The number of H-pyrrole nitrogens is 1. The molecule has 1 aromatic carbocycles. The van der Waals surface area contributed by atoms with Crippen LogP contribution in [0.5, 0.6) is 0 Å². The van der Waals surface area contributed by atoms with Gasteiger partial charge in [-0.2, -0.15) is 0 Å². The predicted octanol–water partition coefficient (Wildman–Crippen LogP) is 5.00. The van der Waals surface area contributed by atoms with Crippen LogP contribution in [0, 0.1) is 5.92 Å². The van der Waals surface area contributed by atoms with Gasteiger partial charge in [-0.15, -0.1) is 0 Å². The van der Waals surface area contributed by atoms with E-state index in [1.165, 1.54) is 68.1 Å². The minimum atomic E-state index is 0.814. The van der Waals surface area contributed by atoms with Crippen LogP contribution in [0.2, 0.25) is 0 Å². The first-order valence-electron chi connectivity index (χ1n) is 9.10. The molecule has 3 rings (SSSR count). The second-order valence-corrected chi connectivity index (χ2v) is 6.89. The summed E-state index contributed by atoms with van der Waals surface area (Å²) in [5.41, 5.74) is 2.75. The maximum atomic E-state index is 3.41. The minimum absolute atomic E-state index is 0.814. The largest absolute Gasteiger partial charge is 0.361 e. The van der Waals surface area contributed by atoms with Crippen LogP contribution in [0.25, 0.3) is 10.9 Å². The fourth-order valence-corrected chi connectivity index (χ4v) is 4.08. The lowest BCUT2D eigenvalue weighted by atomic mass is 9.87. The molecule has 1 aliphatic heterocycles. The number of likely N-dealkylation sites (tertiary alicyclic amines) is 1. The number of piperidine rings is 1. The summed E-state index contributed by atoms with van der Waals surface area (Å²) in [5.74, 6) is 0.959. The van der Waals surface area contributed by atoms with Crippen molar-refractivity contribution in [2.24, 2.45) is 5.92 Å². The molecule has 2 atom stereocenters. The molecule has 1 aromatic heterocycles. The Morgan fingerprint density at radius 2 is 2.09 bits per heavy atom. The molecule has 0 bridgehead atoms. The fourth-order valence-electron chi connectivity index (χ4n) is 4.08. The smallest absolute Gasteiger partial charge is 0.0456 e. The first kappa shape index (κ1) is 15.6. The molecule has 1 saturated heterocycles. The van der Waals surface area contributed by atoms with Gasteiger partial charge in [0.15, 0.2) is 0 Å². The number of aromatic nitrogens is 1. The quantitative estimate of drug-likeness (QED) is 0.795.